The van der Waals surface area contributed by atoms with E-state index in [2.05, 4.69) is 21.7 Å². The summed E-state index contributed by atoms with van der Waals surface area (Å²) in [6.45, 7) is 5.51. The van der Waals surface area contributed by atoms with Gasteiger partial charge in [-0.3, -0.25) is 9.38 Å². The minimum atomic E-state index is -0.323. The van der Waals surface area contributed by atoms with E-state index in [4.69, 9.17) is 4.74 Å². The molecule has 0 atom stereocenters. The second-order valence-corrected chi connectivity index (χ2v) is 4.44. The van der Waals surface area contributed by atoms with Crippen molar-refractivity contribution in [2.45, 2.75) is 26.8 Å². The minimum Gasteiger partial charge on any atom is -0.494 e. The highest BCUT2D eigenvalue weighted by Gasteiger charge is 2.05. The van der Waals surface area contributed by atoms with Gasteiger partial charge in [-0.25, -0.2) is 0 Å². The molecular formula is C15H24FN3O. The Balaban J connectivity index is 2.59. The van der Waals surface area contributed by atoms with Gasteiger partial charge in [0.15, 0.2) is 5.96 Å². The lowest BCUT2D eigenvalue weighted by atomic mass is 10.1. The Kier molecular flexibility index (Phi) is 7.47. The number of hydrogen-bond acceptors (Lipinski definition) is 2. The van der Waals surface area contributed by atoms with E-state index in [1.165, 1.54) is 5.56 Å². The third-order valence-corrected chi connectivity index (χ3v) is 2.80. The number of alkyl halides is 1. The summed E-state index contributed by atoms with van der Waals surface area (Å²) in [6, 6.07) is 6.13. The predicted octanol–water partition coefficient (Wildman–Crippen LogP) is 2.42. The van der Waals surface area contributed by atoms with Crippen molar-refractivity contribution in [1.82, 2.24) is 10.6 Å². The highest BCUT2D eigenvalue weighted by Crippen LogP contribution is 2.20. The molecule has 0 amide bonds. The highest BCUT2D eigenvalue weighted by atomic mass is 19.1. The number of rotatable bonds is 7. The van der Waals surface area contributed by atoms with Gasteiger partial charge in [-0.05, 0) is 31.9 Å². The first-order valence-electron chi connectivity index (χ1n) is 6.94. The Morgan fingerprint density at radius 1 is 1.35 bits per heavy atom. The SMILES string of the molecule is CCOc1cc(C)ccc1CNC(=NC)NCCCF. The van der Waals surface area contributed by atoms with Crippen molar-refractivity contribution in [3.8, 4) is 5.75 Å². The van der Waals surface area contributed by atoms with Crippen LogP contribution < -0.4 is 15.4 Å². The van der Waals surface area contributed by atoms with Gasteiger partial charge in [-0.15, -0.1) is 0 Å². The summed E-state index contributed by atoms with van der Waals surface area (Å²) in [7, 11) is 1.70. The fourth-order valence-corrected chi connectivity index (χ4v) is 1.77. The molecule has 0 saturated heterocycles. The van der Waals surface area contributed by atoms with E-state index in [-0.39, 0.29) is 6.67 Å². The lowest BCUT2D eigenvalue weighted by molar-refractivity contribution is 0.336. The lowest BCUT2D eigenvalue weighted by Gasteiger charge is -2.14. The molecule has 20 heavy (non-hydrogen) atoms. The van der Waals surface area contributed by atoms with E-state index in [0.717, 1.165) is 11.3 Å². The van der Waals surface area contributed by atoms with Crippen LogP contribution in [0, 0.1) is 6.92 Å². The van der Waals surface area contributed by atoms with Crippen LogP contribution in [0.5, 0.6) is 5.75 Å². The third-order valence-electron chi connectivity index (χ3n) is 2.80. The fourth-order valence-electron chi connectivity index (χ4n) is 1.77. The van der Waals surface area contributed by atoms with Crippen LogP contribution >= 0.6 is 0 Å². The van der Waals surface area contributed by atoms with Gasteiger partial charge < -0.3 is 15.4 Å². The molecule has 4 nitrogen and oxygen atoms in total. The van der Waals surface area contributed by atoms with Crippen molar-refractivity contribution < 1.29 is 9.13 Å². The molecule has 0 spiro atoms. The number of halogens is 1. The van der Waals surface area contributed by atoms with E-state index in [1.54, 1.807) is 7.05 Å². The summed E-state index contributed by atoms with van der Waals surface area (Å²) >= 11 is 0. The second kappa shape index (κ2) is 9.18. The summed E-state index contributed by atoms with van der Waals surface area (Å²) in [6.07, 6.45) is 0.482. The molecule has 1 aromatic carbocycles. The molecule has 0 fully saturated rings. The maximum absolute atomic E-state index is 12.1. The van der Waals surface area contributed by atoms with E-state index in [1.807, 2.05) is 26.0 Å². The van der Waals surface area contributed by atoms with Crippen molar-refractivity contribution in [3.63, 3.8) is 0 Å². The molecule has 1 rings (SSSR count). The highest BCUT2D eigenvalue weighted by molar-refractivity contribution is 5.79. The van der Waals surface area contributed by atoms with Gasteiger partial charge in [-0.1, -0.05) is 12.1 Å². The zero-order valence-corrected chi connectivity index (χ0v) is 12.5. The van der Waals surface area contributed by atoms with Gasteiger partial charge in [0.05, 0.1) is 13.3 Å². The molecule has 0 aliphatic rings. The van der Waals surface area contributed by atoms with Crippen molar-refractivity contribution in [3.05, 3.63) is 29.3 Å². The second-order valence-electron chi connectivity index (χ2n) is 4.44. The van der Waals surface area contributed by atoms with Crippen LogP contribution in [0.25, 0.3) is 0 Å². The molecule has 0 aliphatic carbocycles. The fraction of sp³-hybridized carbons (Fsp3) is 0.533. The summed E-state index contributed by atoms with van der Waals surface area (Å²) in [5.41, 5.74) is 2.24. The van der Waals surface area contributed by atoms with Crippen LogP contribution in [0.4, 0.5) is 4.39 Å². The Morgan fingerprint density at radius 2 is 2.15 bits per heavy atom. The summed E-state index contributed by atoms with van der Waals surface area (Å²) in [5.74, 6) is 1.56. The first-order valence-corrected chi connectivity index (χ1v) is 6.94. The quantitative estimate of drug-likeness (QED) is 0.458. The molecule has 0 bridgehead atoms. The maximum Gasteiger partial charge on any atom is 0.191 e. The topological polar surface area (TPSA) is 45.6 Å². The standard InChI is InChI=1S/C15H24FN3O/c1-4-20-14-10-12(2)6-7-13(14)11-19-15(17-3)18-9-5-8-16/h6-7,10H,4-5,8-9,11H2,1-3H3,(H2,17,18,19). The Hall–Kier alpha value is -1.78. The number of aliphatic imine (C=N–C) groups is 1. The van der Waals surface area contributed by atoms with Crippen LogP contribution in [-0.2, 0) is 6.54 Å². The zero-order chi connectivity index (χ0) is 14.8. The van der Waals surface area contributed by atoms with Crippen LogP contribution in [-0.4, -0.2) is 32.8 Å². The number of ether oxygens (including phenoxy) is 1. The smallest absolute Gasteiger partial charge is 0.191 e. The Morgan fingerprint density at radius 3 is 2.80 bits per heavy atom. The number of nitrogens with one attached hydrogen (secondary N) is 2. The van der Waals surface area contributed by atoms with E-state index in [9.17, 15) is 4.39 Å². The number of hydrogen-bond donors (Lipinski definition) is 2. The number of aryl methyl sites for hydroxylation is 1. The lowest BCUT2D eigenvalue weighted by Crippen LogP contribution is -2.37. The monoisotopic (exact) mass is 281 g/mol. The number of nitrogens with zero attached hydrogens (tertiary/aromatic N) is 1. The minimum absolute atomic E-state index is 0.323. The average Bonchev–Trinajstić information content (AvgIpc) is 2.44. The van der Waals surface area contributed by atoms with Crippen molar-refractivity contribution in [1.29, 1.82) is 0 Å². The molecule has 2 N–H and O–H groups in total. The number of benzene rings is 1. The Bertz CT molecular complexity index is 435. The number of guanidine groups is 1. The molecule has 0 heterocycles. The third kappa shape index (κ3) is 5.47. The molecule has 1 aromatic rings. The molecular weight excluding hydrogens is 257 g/mol. The maximum atomic E-state index is 12.1. The summed E-state index contributed by atoms with van der Waals surface area (Å²) < 4.78 is 17.7. The van der Waals surface area contributed by atoms with Gasteiger partial charge in [0, 0.05) is 25.7 Å². The summed E-state index contributed by atoms with van der Waals surface area (Å²) in [5, 5.41) is 6.26. The largest absolute Gasteiger partial charge is 0.494 e. The van der Waals surface area contributed by atoms with Crippen molar-refractivity contribution >= 4 is 5.96 Å². The first-order chi connectivity index (χ1) is 9.71. The molecule has 0 aliphatic heterocycles. The van der Waals surface area contributed by atoms with Crippen molar-refractivity contribution in [2.75, 3.05) is 26.9 Å². The van der Waals surface area contributed by atoms with Crippen LogP contribution in [0.2, 0.25) is 0 Å². The van der Waals surface area contributed by atoms with Crippen LogP contribution in [0.15, 0.2) is 23.2 Å². The molecule has 0 aromatic heterocycles. The van der Waals surface area contributed by atoms with Crippen molar-refractivity contribution in [2.24, 2.45) is 4.99 Å². The normalized spacial score (nSPS) is 11.3. The molecule has 0 unspecified atom stereocenters. The summed E-state index contributed by atoms with van der Waals surface area (Å²) in [4.78, 5) is 4.10. The molecule has 0 radical (unpaired) electrons. The Labute approximate surface area is 120 Å². The zero-order valence-electron chi connectivity index (χ0n) is 12.5. The van der Waals surface area contributed by atoms with Gasteiger partial charge in [0.25, 0.3) is 0 Å². The van der Waals surface area contributed by atoms with Gasteiger partial charge >= 0.3 is 0 Å². The predicted molar refractivity (Wildman–Crippen MR) is 81.1 cm³/mol. The molecule has 5 heteroatoms. The van der Waals surface area contributed by atoms with Gasteiger partial charge in [0.1, 0.15) is 5.75 Å². The van der Waals surface area contributed by atoms with Crippen LogP contribution in [0.3, 0.4) is 0 Å². The van der Waals surface area contributed by atoms with Gasteiger partial charge in [0.2, 0.25) is 0 Å². The molecule has 0 saturated carbocycles. The average molecular weight is 281 g/mol. The van der Waals surface area contributed by atoms with Gasteiger partial charge in [-0.2, -0.15) is 0 Å². The first kappa shape index (κ1) is 16.3. The van der Waals surface area contributed by atoms with Crippen LogP contribution in [0.1, 0.15) is 24.5 Å². The van der Waals surface area contributed by atoms with E-state index in [0.29, 0.717) is 32.1 Å². The molecule has 112 valence electrons. The van der Waals surface area contributed by atoms with E-state index >= 15 is 0 Å². The van der Waals surface area contributed by atoms with E-state index < -0.39 is 0 Å².